The molecule has 0 aromatic heterocycles. The summed E-state index contributed by atoms with van der Waals surface area (Å²) in [5.74, 6) is 5.99. The molecule has 0 aliphatic rings. The van der Waals surface area contributed by atoms with E-state index in [1.54, 1.807) is 0 Å². The van der Waals surface area contributed by atoms with Crippen molar-refractivity contribution in [1.29, 1.82) is 0 Å². The highest BCUT2D eigenvalue weighted by molar-refractivity contribution is 9.09. The van der Waals surface area contributed by atoms with Gasteiger partial charge in [-0.2, -0.15) is 0 Å². The molecule has 11 heavy (non-hydrogen) atoms. The van der Waals surface area contributed by atoms with Crippen molar-refractivity contribution >= 4 is 24.0 Å². The molecule has 0 aliphatic heterocycles. The summed E-state index contributed by atoms with van der Waals surface area (Å²) in [6, 6.07) is 1.12. The third-order valence-corrected chi connectivity index (χ3v) is 2.84. The predicted molar refractivity (Wildman–Crippen MR) is 58.9 cm³/mol. The molecule has 0 rings (SSSR count). The zero-order valence-corrected chi connectivity index (χ0v) is 10.1. The van der Waals surface area contributed by atoms with Gasteiger partial charge in [0.1, 0.15) is 0 Å². The van der Waals surface area contributed by atoms with Crippen molar-refractivity contribution in [2.24, 2.45) is 0 Å². The summed E-state index contributed by atoms with van der Waals surface area (Å²) in [6.07, 6.45) is 0. The Morgan fingerprint density at radius 3 is 2.36 bits per heavy atom. The van der Waals surface area contributed by atoms with E-state index in [1.807, 2.05) is 0 Å². The molecule has 2 heteroatoms. The van der Waals surface area contributed by atoms with Crippen molar-refractivity contribution in [3.8, 4) is 11.8 Å². The van der Waals surface area contributed by atoms with E-state index >= 15 is 0 Å². The summed E-state index contributed by atoms with van der Waals surface area (Å²) >= 11 is 3.25. The van der Waals surface area contributed by atoms with E-state index in [0.29, 0.717) is 0 Å². The van der Waals surface area contributed by atoms with Crippen LogP contribution in [-0.2, 0) is 0 Å². The zero-order chi connectivity index (χ0) is 8.91. The summed E-state index contributed by atoms with van der Waals surface area (Å²) in [5, 5.41) is 0.748. The Bertz CT molecular complexity index is 190. The molecular formula is C9H15BrSi. The van der Waals surface area contributed by atoms with Crippen LogP contribution in [0.15, 0.2) is 12.2 Å². The van der Waals surface area contributed by atoms with Crippen LogP contribution in [0.5, 0.6) is 0 Å². The molecule has 0 aromatic carbocycles. The highest BCUT2D eigenvalue weighted by atomic mass is 79.9. The number of alkyl halides is 1. The van der Waals surface area contributed by atoms with Crippen LogP contribution in [0, 0.1) is 11.8 Å². The molecule has 62 valence electrons. The summed E-state index contributed by atoms with van der Waals surface area (Å²) in [7, 11) is -0.988. The molecule has 0 aromatic rings. The Balaban J connectivity index is 3.89. The second-order valence-electron chi connectivity index (χ2n) is 3.78. The number of allylic oxidation sites excluding steroid dienone is 1. The first-order valence-corrected chi connectivity index (χ1v) is 8.51. The van der Waals surface area contributed by atoms with Gasteiger partial charge >= 0.3 is 0 Å². The van der Waals surface area contributed by atoms with Crippen molar-refractivity contribution in [2.75, 3.05) is 5.33 Å². The van der Waals surface area contributed by atoms with E-state index < -0.39 is 8.07 Å². The molecule has 0 N–H and O–H groups in total. The third kappa shape index (κ3) is 7.90. The monoisotopic (exact) mass is 230 g/mol. The average molecular weight is 231 g/mol. The fraction of sp³-hybridized carbons (Fsp3) is 0.556. The molecule has 0 radical (unpaired) electrons. The number of halogens is 1. The Kier molecular flexibility index (Phi) is 4.79. The van der Waals surface area contributed by atoms with Crippen LogP contribution in [-0.4, -0.2) is 13.4 Å². The summed E-state index contributed by atoms with van der Waals surface area (Å²) in [5.41, 5.74) is 1.09. The summed E-state index contributed by atoms with van der Waals surface area (Å²) < 4.78 is 0. The summed E-state index contributed by atoms with van der Waals surface area (Å²) in [6.45, 7) is 10.9. The van der Waals surface area contributed by atoms with E-state index in [2.05, 4.69) is 54.0 Å². The van der Waals surface area contributed by atoms with Crippen molar-refractivity contribution in [3.05, 3.63) is 12.2 Å². The highest BCUT2D eigenvalue weighted by Crippen LogP contribution is 2.13. The van der Waals surface area contributed by atoms with Gasteiger partial charge < -0.3 is 0 Å². The van der Waals surface area contributed by atoms with Crippen LogP contribution in [0.2, 0.25) is 25.7 Å². The van der Waals surface area contributed by atoms with E-state index in [-0.39, 0.29) is 0 Å². The van der Waals surface area contributed by atoms with E-state index in [0.717, 1.165) is 16.9 Å². The van der Waals surface area contributed by atoms with Crippen LogP contribution < -0.4 is 0 Å². The smallest absolute Gasteiger partial charge is 0.0649 e. The lowest BCUT2D eigenvalue weighted by Gasteiger charge is -2.13. The average Bonchev–Trinajstić information content (AvgIpc) is 1.79. The Morgan fingerprint density at radius 2 is 2.00 bits per heavy atom. The molecule has 0 saturated heterocycles. The van der Waals surface area contributed by atoms with E-state index in [1.165, 1.54) is 0 Å². The van der Waals surface area contributed by atoms with E-state index in [9.17, 15) is 0 Å². The number of rotatable bonds is 2. The molecule has 0 aliphatic carbocycles. The Hall–Kier alpha value is -0.00312. The molecule has 0 heterocycles. The third-order valence-electron chi connectivity index (χ3n) is 1.08. The second-order valence-corrected chi connectivity index (χ2v) is 9.81. The van der Waals surface area contributed by atoms with Gasteiger partial charge in [-0.25, -0.2) is 0 Å². The minimum absolute atomic E-state index is 0.748. The van der Waals surface area contributed by atoms with Crippen LogP contribution in [0.3, 0.4) is 0 Å². The van der Waals surface area contributed by atoms with Crippen molar-refractivity contribution in [2.45, 2.75) is 25.7 Å². The van der Waals surface area contributed by atoms with E-state index in [4.69, 9.17) is 0 Å². The standard InChI is InChI=1S/C9H15BrSi/c1-9(6-5-7-10)8-11(2,3)4/h1,7-8H2,2-4H3. The molecule has 0 fully saturated rings. The molecule has 0 bridgehead atoms. The molecule has 0 spiro atoms. The maximum atomic E-state index is 3.92. The van der Waals surface area contributed by atoms with Crippen molar-refractivity contribution < 1.29 is 0 Å². The van der Waals surface area contributed by atoms with Crippen LogP contribution >= 0.6 is 15.9 Å². The lowest BCUT2D eigenvalue weighted by atomic mass is 10.3. The lowest BCUT2D eigenvalue weighted by Crippen LogP contribution is -2.19. The first-order valence-electron chi connectivity index (χ1n) is 3.68. The minimum Gasteiger partial charge on any atom is -0.0877 e. The first-order chi connectivity index (χ1) is 4.95. The van der Waals surface area contributed by atoms with Crippen LogP contribution in [0.25, 0.3) is 0 Å². The van der Waals surface area contributed by atoms with Crippen LogP contribution in [0.4, 0.5) is 0 Å². The Morgan fingerprint density at radius 1 is 1.45 bits per heavy atom. The van der Waals surface area contributed by atoms with Gasteiger partial charge in [-0.15, -0.1) is 0 Å². The van der Waals surface area contributed by atoms with Gasteiger partial charge in [-0.05, 0) is 11.6 Å². The molecular weight excluding hydrogens is 216 g/mol. The predicted octanol–water partition coefficient (Wildman–Crippen LogP) is 3.28. The first kappa shape index (κ1) is 11.0. The van der Waals surface area contributed by atoms with Gasteiger partial charge in [-0.1, -0.05) is 54.0 Å². The second kappa shape index (κ2) is 4.79. The topological polar surface area (TPSA) is 0 Å². The van der Waals surface area contributed by atoms with Crippen molar-refractivity contribution in [3.63, 3.8) is 0 Å². The number of hydrogen-bond donors (Lipinski definition) is 0. The van der Waals surface area contributed by atoms with Gasteiger partial charge in [0, 0.05) is 8.07 Å². The van der Waals surface area contributed by atoms with Gasteiger partial charge in [0.2, 0.25) is 0 Å². The Labute approximate surface area is 79.2 Å². The molecule has 0 amide bonds. The maximum Gasteiger partial charge on any atom is 0.0649 e. The van der Waals surface area contributed by atoms with Gasteiger partial charge in [0.05, 0.1) is 5.33 Å². The zero-order valence-electron chi connectivity index (χ0n) is 7.50. The largest absolute Gasteiger partial charge is 0.0877 e. The quantitative estimate of drug-likeness (QED) is 0.388. The molecule has 0 atom stereocenters. The maximum absolute atomic E-state index is 3.92. The highest BCUT2D eigenvalue weighted by Gasteiger charge is 2.12. The SMILES string of the molecule is C=C(C#CCBr)C[Si](C)(C)C. The van der Waals surface area contributed by atoms with Gasteiger partial charge in [-0.3, -0.25) is 0 Å². The minimum atomic E-state index is -0.988. The fourth-order valence-corrected chi connectivity index (χ4v) is 2.35. The normalized spacial score (nSPS) is 10.2. The molecule has 0 nitrogen and oxygen atoms in total. The van der Waals surface area contributed by atoms with Gasteiger partial charge in [0.15, 0.2) is 0 Å². The lowest BCUT2D eigenvalue weighted by molar-refractivity contribution is 1.45. The van der Waals surface area contributed by atoms with Crippen molar-refractivity contribution in [1.82, 2.24) is 0 Å². The van der Waals surface area contributed by atoms with Gasteiger partial charge in [0.25, 0.3) is 0 Å². The fourth-order valence-electron chi connectivity index (χ4n) is 0.843. The molecule has 0 saturated carbocycles. The van der Waals surface area contributed by atoms with Crippen LogP contribution in [0.1, 0.15) is 0 Å². The number of hydrogen-bond acceptors (Lipinski definition) is 0. The summed E-state index contributed by atoms with van der Waals surface area (Å²) in [4.78, 5) is 0. The molecule has 0 unspecified atom stereocenters.